The van der Waals surface area contributed by atoms with Crippen LogP contribution in [0, 0.1) is 10.1 Å². The van der Waals surface area contributed by atoms with Crippen LogP contribution in [-0.4, -0.2) is 25.0 Å². The van der Waals surface area contributed by atoms with Gasteiger partial charge in [-0.05, 0) is 36.2 Å². The number of nitrogens with zero attached hydrogens (tertiary/aromatic N) is 1. The van der Waals surface area contributed by atoms with E-state index in [1.54, 1.807) is 42.5 Å². The van der Waals surface area contributed by atoms with Crippen LogP contribution >= 0.6 is 0 Å². The van der Waals surface area contributed by atoms with E-state index in [1.807, 2.05) is 6.07 Å². The third-order valence-corrected chi connectivity index (χ3v) is 6.81. The van der Waals surface area contributed by atoms with Crippen molar-refractivity contribution in [2.45, 2.75) is 17.4 Å². The summed E-state index contributed by atoms with van der Waals surface area (Å²) in [6, 6.07) is 18.5. The van der Waals surface area contributed by atoms with Crippen LogP contribution in [0.3, 0.4) is 0 Å². The number of rotatable bonds is 5. The third-order valence-electron chi connectivity index (χ3n) is 5.00. The lowest BCUT2D eigenvalue weighted by atomic mass is 10.0. The van der Waals surface area contributed by atoms with Crippen LogP contribution in [0.25, 0.3) is 0 Å². The van der Waals surface area contributed by atoms with Gasteiger partial charge in [-0.2, -0.15) is 0 Å². The van der Waals surface area contributed by atoms with Crippen molar-refractivity contribution in [3.8, 4) is 11.5 Å². The molecule has 8 nitrogen and oxygen atoms in total. The molecule has 0 radical (unpaired) electrons. The number of sulfone groups is 1. The molecule has 1 aliphatic heterocycles. The van der Waals surface area contributed by atoms with Crippen LogP contribution < -0.4 is 10.1 Å². The number of amides is 1. The number of nitro benzene ring substituents is 1. The molecule has 0 spiro atoms. The fourth-order valence-corrected chi connectivity index (χ4v) is 5.11. The van der Waals surface area contributed by atoms with Gasteiger partial charge in [0.15, 0.2) is 9.84 Å². The number of ether oxygens (including phenoxy) is 1. The Morgan fingerprint density at radius 1 is 1.03 bits per heavy atom. The Balaban J connectivity index is 1.68. The minimum absolute atomic E-state index is 0.0102. The number of benzene rings is 3. The Morgan fingerprint density at radius 3 is 2.48 bits per heavy atom. The zero-order chi connectivity index (χ0) is 22.0. The second kappa shape index (κ2) is 8.19. The second-order valence-corrected chi connectivity index (χ2v) is 9.10. The maximum Gasteiger partial charge on any atom is 0.270 e. The molecule has 3 aromatic rings. The van der Waals surface area contributed by atoms with Crippen LogP contribution in [0.2, 0.25) is 0 Å². The van der Waals surface area contributed by atoms with Crippen molar-refractivity contribution in [3.05, 3.63) is 94.0 Å². The molecule has 0 bridgehead atoms. The zero-order valence-corrected chi connectivity index (χ0v) is 17.0. The Morgan fingerprint density at radius 2 is 1.74 bits per heavy atom. The Labute approximate surface area is 178 Å². The summed E-state index contributed by atoms with van der Waals surface area (Å²) in [7, 11) is -3.41. The van der Waals surface area contributed by atoms with E-state index >= 15 is 0 Å². The summed E-state index contributed by atoms with van der Waals surface area (Å²) in [6.45, 7) is 0. The highest BCUT2D eigenvalue weighted by Crippen LogP contribution is 2.34. The van der Waals surface area contributed by atoms with Gasteiger partial charge in [0.25, 0.3) is 11.6 Å². The van der Waals surface area contributed by atoms with Crippen LogP contribution in [0.15, 0.2) is 77.7 Å². The van der Waals surface area contributed by atoms with Crippen LogP contribution in [0.5, 0.6) is 11.5 Å². The summed E-state index contributed by atoms with van der Waals surface area (Å²) in [5.41, 5.74) is 0.235. The average molecular weight is 438 g/mol. The quantitative estimate of drug-likeness (QED) is 0.475. The van der Waals surface area contributed by atoms with Gasteiger partial charge in [-0.1, -0.05) is 36.4 Å². The standard InChI is InChI=1S/C22H18N2O6S/c25-22(23-19-12-13-31(28,29)21-9-5-4-8-17(19)21)18-14-15(24(26)27)10-11-20(18)30-16-6-2-1-3-7-16/h1-11,14,19H,12-13H2,(H,23,25). The van der Waals surface area contributed by atoms with Crippen molar-refractivity contribution in [3.63, 3.8) is 0 Å². The molecule has 1 aliphatic rings. The highest BCUT2D eigenvalue weighted by atomic mass is 32.2. The summed E-state index contributed by atoms with van der Waals surface area (Å²) < 4.78 is 30.5. The summed E-state index contributed by atoms with van der Waals surface area (Å²) >= 11 is 0. The van der Waals surface area contributed by atoms with Crippen LogP contribution in [0.1, 0.15) is 28.4 Å². The number of nitrogens with one attached hydrogen (secondary N) is 1. The topological polar surface area (TPSA) is 116 Å². The lowest BCUT2D eigenvalue weighted by molar-refractivity contribution is -0.384. The van der Waals surface area contributed by atoms with Crippen LogP contribution in [-0.2, 0) is 9.84 Å². The molecule has 0 saturated carbocycles. The molecule has 0 fully saturated rings. The van der Waals surface area contributed by atoms with E-state index in [-0.39, 0.29) is 34.1 Å². The minimum atomic E-state index is -3.41. The van der Waals surface area contributed by atoms with Crippen molar-refractivity contribution in [2.24, 2.45) is 0 Å². The molecular formula is C22H18N2O6S. The van der Waals surface area contributed by atoms with E-state index in [9.17, 15) is 23.3 Å². The van der Waals surface area contributed by atoms with Crippen molar-refractivity contribution in [2.75, 3.05) is 5.75 Å². The minimum Gasteiger partial charge on any atom is -0.457 e. The number of fused-ring (bicyclic) bond motifs is 1. The number of nitro groups is 1. The van der Waals surface area contributed by atoms with Gasteiger partial charge in [0.2, 0.25) is 0 Å². The number of non-ortho nitro benzene ring substituents is 1. The molecule has 0 aromatic heterocycles. The Hall–Kier alpha value is -3.72. The lowest BCUT2D eigenvalue weighted by Gasteiger charge is -2.26. The van der Waals surface area contributed by atoms with E-state index in [1.165, 1.54) is 18.2 Å². The summed E-state index contributed by atoms with van der Waals surface area (Å²) in [4.78, 5) is 23.9. The SMILES string of the molecule is O=C(NC1CCS(=O)(=O)c2ccccc21)c1cc([N+](=O)[O-])ccc1Oc1ccccc1. The fraction of sp³-hybridized carbons (Fsp3) is 0.136. The number of hydrogen-bond acceptors (Lipinski definition) is 6. The molecule has 158 valence electrons. The van der Waals surface area contributed by atoms with Gasteiger partial charge in [0, 0.05) is 12.1 Å². The number of carbonyl (C=O) groups is 1. The molecule has 0 aliphatic carbocycles. The number of para-hydroxylation sites is 1. The summed E-state index contributed by atoms with van der Waals surface area (Å²) in [6.07, 6.45) is 0.203. The third kappa shape index (κ3) is 4.26. The van der Waals surface area contributed by atoms with Gasteiger partial charge in [0.05, 0.1) is 27.2 Å². The predicted octanol–water partition coefficient (Wildman–Crippen LogP) is 4.04. The molecule has 4 rings (SSSR count). The van der Waals surface area contributed by atoms with Crippen LogP contribution in [0.4, 0.5) is 5.69 Å². The molecule has 0 saturated heterocycles. The summed E-state index contributed by atoms with van der Waals surface area (Å²) in [5.74, 6) is -0.0590. The molecular weight excluding hydrogens is 420 g/mol. The second-order valence-electron chi connectivity index (χ2n) is 7.02. The molecule has 3 aromatic carbocycles. The molecule has 1 amide bonds. The normalized spacial score (nSPS) is 16.7. The molecule has 1 unspecified atom stereocenters. The first kappa shape index (κ1) is 20.5. The molecule has 1 N–H and O–H groups in total. The lowest BCUT2D eigenvalue weighted by Crippen LogP contribution is -2.34. The Kier molecular flexibility index (Phi) is 5.43. The van der Waals surface area contributed by atoms with E-state index in [2.05, 4.69) is 5.32 Å². The van der Waals surface area contributed by atoms with Gasteiger partial charge in [-0.15, -0.1) is 0 Å². The number of carbonyl (C=O) groups excluding carboxylic acids is 1. The van der Waals surface area contributed by atoms with E-state index in [0.717, 1.165) is 6.07 Å². The average Bonchev–Trinajstić information content (AvgIpc) is 2.77. The van der Waals surface area contributed by atoms with E-state index in [4.69, 9.17) is 4.74 Å². The first-order valence-electron chi connectivity index (χ1n) is 9.49. The molecule has 1 atom stereocenters. The first-order chi connectivity index (χ1) is 14.8. The smallest absolute Gasteiger partial charge is 0.270 e. The van der Waals surface area contributed by atoms with Crippen molar-refractivity contribution < 1.29 is 22.9 Å². The van der Waals surface area contributed by atoms with Crippen molar-refractivity contribution in [1.82, 2.24) is 5.32 Å². The zero-order valence-electron chi connectivity index (χ0n) is 16.2. The number of hydrogen-bond donors (Lipinski definition) is 1. The van der Waals surface area contributed by atoms with Gasteiger partial charge in [-0.25, -0.2) is 8.42 Å². The maximum atomic E-state index is 13.1. The summed E-state index contributed by atoms with van der Waals surface area (Å²) in [5, 5.41) is 14.1. The predicted molar refractivity (Wildman–Crippen MR) is 113 cm³/mol. The largest absolute Gasteiger partial charge is 0.457 e. The molecule has 1 heterocycles. The first-order valence-corrected chi connectivity index (χ1v) is 11.1. The van der Waals surface area contributed by atoms with Gasteiger partial charge in [-0.3, -0.25) is 14.9 Å². The van der Waals surface area contributed by atoms with E-state index < -0.39 is 26.7 Å². The monoisotopic (exact) mass is 438 g/mol. The van der Waals surface area contributed by atoms with Gasteiger partial charge >= 0.3 is 0 Å². The molecule has 31 heavy (non-hydrogen) atoms. The van der Waals surface area contributed by atoms with Gasteiger partial charge < -0.3 is 10.1 Å². The van der Waals surface area contributed by atoms with E-state index in [0.29, 0.717) is 11.3 Å². The molecule has 9 heteroatoms. The highest BCUT2D eigenvalue weighted by Gasteiger charge is 2.31. The van der Waals surface area contributed by atoms with Gasteiger partial charge in [0.1, 0.15) is 11.5 Å². The fourth-order valence-electron chi connectivity index (χ4n) is 3.49. The van der Waals surface area contributed by atoms with Crippen molar-refractivity contribution in [1.29, 1.82) is 0 Å². The Bertz CT molecular complexity index is 1260. The highest BCUT2D eigenvalue weighted by molar-refractivity contribution is 7.91. The maximum absolute atomic E-state index is 13.1. The van der Waals surface area contributed by atoms with Crippen molar-refractivity contribution >= 4 is 21.4 Å².